The van der Waals surface area contributed by atoms with E-state index < -0.39 is 15.8 Å². The average Bonchev–Trinajstić information content (AvgIpc) is 2.38. The second-order valence-corrected chi connectivity index (χ2v) is 6.43. The number of benzene rings is 2. The van der Waals surface area contributed by atoms with Crippen molar-refractivity contribution in [2.24, 2.45) is 0 Å². The fourth-order valence-corrected chi connectivity index (χ4v) is 3.16. The van der Waals surface area contributed by atoms with Gasteiger partial charge in [-0.1, -0.05) is 35.9 Å². The zero-order chi connectivity index (χ0) is 14.8. The highest BCUT2D eigenvalue weighted by molar-refractivity contribution is 7.89. The zero-order valence-electron chi connectivity index (χ0n) is 10.7. The smallest absolute Gasteiger partial charge is 0.207 e. The number of sulfonamides is 1. The van der Waals surface area contributed by atoms with Gasteiger partial charge in [-0.15, -0.1) is 0 Å². The number of aryl methyl sites for hydroxylation is 1. The molecule has 0 aliphatic carbocycles. The summed E-state index contributed by atoms with van der Waals surface area (Å²) in [5, 5.41) is 0.473. The van der Waals surface area contributed by atoms with Gasteiger partial charge in [0.25, 0.3) is 0 Å². The molecule has 2 rings (SSSR count). The monoisotopic (exact) mass is 313 g/mol. The van der Waals surface area contributed by atoms with Gasteiger partial charge in [0.05, 0.1) is 0 Å². The molecular formula is C14H13ClFNO2S. The molecule has 0 saturated heterocycles. The first-order valence-electron chi connectivity index (χ1n) is 5.90. The van der Waals surface area contributed by atoms with Crippen molar-refractivity contribution < 1.29 is 12.8 Å². The van der Waals surface area contributed by atoms with Crippen LogP contribution in [-0.2, 0) is 16.6 Å². The molecule has 0 bridgehead atoms. The van der Waals surface area contributed by atoms with Gasteiger partial charge in [0.1, 0.15) is 10.7 Å². The Hall–Kier alpha value is -1.43. The van der Waals surface area contributed by atoms with Crippen LogP contribution in [0.2, 0.25) is 5.02 Å². The summed E-state index contributed by atoms with van der Waals surface area (Å²) in [7, 11) is -3.91. The molecule has 2 aromatic carbocycles. The first kappa shape index (κ1) is 15.0. The van der Waals surface area contributed by atoms with E-state index in [1.807, 2.05) is 13.0 Å². The fourth-order valence-electron chi connectivity index (χ4n) is 1.80. The van der Waals surface area contributed by atoms with Crippen LogP contribution in [0.1, 0.15) is 11.1 Å². The Kier molecular flexibility index (Phi) is 4.42. The van der Waals surface area contributed by atoms with Gasteiger partial charge >= 0.3 is 0 Å². The van der Waals surface area contributed by atoms with Crippen molar-refractivity contribution in [1.82, 2.24) is 4.72 Å². The van der Waals surface area contributed by atoms with Crippen LogP contribution in [-0.4, -0.2) is 8.42 Å². The highest BCUT2D eigenvalue weighted by atomic mass is 35.5. The van der Waals surface area contributed by atoms with Crippen LogP contribution in [0.3, 0.4) is 0 Å². The standard InChI is InChI=1S/C14H13ClFNO2S/c1-10-5-4-6-12(15)11(10)9-17-20(18,19)14-8-3-2-7-13(14)16/h2-8,17H,9H2,1H3. The van der Waals surface area contributed by atoms with E-state index >= 15 is 0 Å². The zero-order valence-corrected chi connectivity index (χ0v) is 12.3. The third-order valence-corrected chi connectivity index (χ3v) is 4.71. The molecule has 0 heterocycles. The number of nitrogens with one attached hydrogen (secondary N) is 1. The topological polar surface area (TPSA) is 46.2 Å². The number of rotatable bonds is 4. The molecule has 0 saturated carbocycles. The van der Waals surface area contributed by atoms with Gasteiger partial charge in [0.2, 0.25) is 10.0 Å². The first-order valence-corrected chi connectivity index (χ1v) is 7.76. The lowest BCUT2D eigenvalue weighted by Gasteiger charge is -2.11. The minimum absolute atomic E-state index is 0.0160. The molecule has 1 N–H and O–H groups in total. The molecule has 0 aliphatic rings. The summed E-state index contributed by atoms with van der Waals surface area (Å²) in [4.78, 5) is -0.371. The van der Waals surface area contributed by atoms with E-state index in [0.29, 0.717) is 10.6 Å². The van der Waals surface area contributed by atoms with Gasteiger partial charge in [-0.3, -0.25) is 0 Å². The molecule has 0 unspecified atom stereocenters. The Bertz CT molecular complexity index is 711. The molecule has 6 heteroatoms. The van der Waals surface area contributed by atoms with Crippen molar-refractivity contribution in [2.75, 3.05) is 0 Å². The van der Waals surface area contributed by atoms with Gasteiger partial charge in [-0.05, 0) is 36.2 Å². The molecule has 106 valence electrons. The van der Waals surface area contributed by atoms with E-state index in [1.165, 1.54) is 18.2 Å². The van der Waals surface area contributed by atoms with E-state index in [-0.39, 0.29) is 11.4 Å². The first-order chi connectivity index (χ1) is 9.42. The summed E-state index contributed by atoms with van der Waals surface area (Å²) in [6, 6.07) is 10.5. The van der Waals surface area contributed by atoms with Crippen LogP contribution in [0.5, 0.6) is 0 Å². The highest BCUT2D eigenvalue weighted by Crippen LogP contribution is 2.20. The van der Waals surface area contributed by atoms with Crippen molar-refractivity contribution in [3.05, 3.63) is 64.4 Å². The summed E-state index contributed by atoms with van der Waals surface area (Å²) in [6.07, 6.45) is 0. The summed E-state index contributed by atoms with van der Waals surface area (Å²) in [6.45, 7) is 1.85. The summed E-state index contributed by atoms with van der Waals surface area (Å²) < 4.78 is 40.0. The molecule has 0 aromatic heterocycles. The van der Waals surface area contributed by atoms with Crippen molar-refractivity contribution in [2.45, 2.75) is 18.4 Å². The highest BCUT2D eigenvalue weighted by Gasteiger charge is 2.18. The molecule has 0 aliphatic heterocycles. The van der Waals surface area contributed by atoms with Crippen LogP contribution in [0.15, 0.2) is 47.4 Å². The lowest BCUT2D eigenvalue weighted by Crippen LogP contribution is -2.24. The normalized spacial score (nSPS) is 11.6. The Morgan fingerprint density at radius 2 is 1.85 bits per heavy atom. The summed E-state index contributed by atoms with van der Waals surface area (Å²) >= 11 is 6.03. The van der Waals surface area contributed by atoms with E-state index in [4.69, 9.17) is 11.6 Å². The third kappa shape index (κ3) is 3.17. The predicted octanol–water partition coefficient (Wildman–Crippen LogP) is 3.27. The third-order valence-electron chi connectivity index (χ3n) is 2.92. The summed E-state index contributed by atoms with van der Waals surface area (Å²) in [5.74, 6) is -0.782. The molecule has 20 heavy (non-hydrogen) atoms. The number of hydrogen-bond donors (Lipinski definition) is 1. The Morgan fingerprint density at radius 1 is 1.15 bits per heavy atom. The van der Waals surface area contributed by atoms with E-state index in [1.54, 1.807) is 12.1 Å². The Balaban J connectivity index is 2.25. The molecular weight excluding hydrogens is 301 g/mol. The molecule has 0 fully saturated rings. The van der Waals surface area contributed by atoms with E-state index in [9.17, 15) is 12.8 Å². The number of halogens is 2. The van der Waals surface area contributed by atoms with Crippen LogP contribution >= 0.6 is 11.6 Å². The minimum atomic E-state index is -3.91. The fraction of sp³-hybridized carbons (Fsp3) is 0.143. The predicted molar refractivity (Wildman–Crippen MR) is 76.6 cm³/mol. The second kappa shape index (κ2) is 5.91. The molecule has 0 radical (unpaired) electrons. The van der Waals surface area contributed by atoms with Gasteiger partial charge in [-0.25, -0.2) is 17.5 Å². The van der Waals surface area contributed by atoms with Crippen LogP contribution < -0.4 is 4.72 Å². The van der Waals surface area contributed by atoms with Crippen molar-refractivity contribution in [3.8, 4) is 0 Å². The van der Waals surface area contributed by atoms with E-state index in [0.717, 1.165) is 11.6 Å². The van der Waals surface area contributed by atoms with Gasteiger partial charge < -0.3 is 0 Å². The lowest BCUT2D eigenvalue weighted by molar-refractivity contribution is 0.557. The Morgan fingerprint density at radius 3 is 2.50 bits per heavy atom. The molecule has 2 aromatic rings. The van der Waals surface area contributed by atoms with Gasteiger partial charge in [-0.2, -0.15) is 0 Å². The van der Waals surface area contributed by atoms with Crippen molar-refractivity contribution in [3.63, 3.8) is 0 Å². The molecule has 0 atom stereocenters. The SMILES string of the molecule is Cc1cccc(Cl)c1CNS(=O)(=O)c1ccccc1F. The van der Waals surface area contributed by atoms with E-state index in [2.05, 4.69) is 4.72 Å². The maximum absolute atomic E-state index is 13.5. The molecule has 0 amide bonds. The minimum Gasteiger partial charge on any atom is -0.207 e. The lowest BCUT2D eigenvalue weighted by atomic mass is 10.1. The average molecular weight is 314 g/mol. The number of hydrogen-bond acceptors (Lipinski definition) is 2. The largest absolute Gasteiger partial charge is 0.243 e. The Labute approximate surface area is 122 Å². The quantitative estimate of drug-likeness (QED) is 0.941. The van der Waals surface area contributed by atoms with Crippen molar-refractivity contribution in [1.29, 1.82) is 0 Å². The van der Waals surface area contributed by atoms with Crippen LogP contribution in [0, 0.1) is 12.7 Å². The second-order valence-electron chi connectivity index (χ2n) is 4.29. The molecule has 3 nitrogen and oxygen atoms in total. The molecule has 0 spiro atoms. The van der Waals surface area contributed by atoms with Crippen molar-refractivity contribution >= 4 is 21.6 Å². The maximum Gasteiger partial charge on any atom is 0.243 e. The van der Waals surface area contributed by atoms with Crippen LogP contribution in [0.4, 0.5) is 4.39 Å². The van der Waals surface area contributed by atoms with Crippen LogP contribution in [0.25, 0.3) is 0 Å². The summed E-state index contributed by atoms with van der Waals surface area (Å²) in [5.41, 5.74) is 1.54. The van der Waals surface area contributed by atoms with Gasteiger partial charge in [0, 0.05) is 11.6 Å². The van der Waals surface area contributed by atoms with Gasteiger partial charge in [0.15, 0.2) is 0 Å². The maximum atomic E-state index is 13.5.